The number of rotatable bonds is 7. The number of carbonyl (C=O) groups is 1. The van der Waals surface area contributed by atoms with Crippen molar-refractivity contribution in [3.05, 3.63) is 0 Å². The molecule has 1 atom stereocenters. The van der Waals surface area contributed by atoms with Crippen LogP contribution < -0.4 is 5.32 Å². The number of nitrogens with one attached hydrogen (secondary N) is 1. The first-order valence-corrected chi connectivity index (χ1v) is 6.60. The van der Waals surface area contributed by atoms with E-state index in [1.807, 2.05) is 13.8 Å². The zero-order valence-corrected chi connectivity index (χ0v) is 11.6. The van der Waals surface area contributed by atoms with E-state index in [0.717, 1.165) is 26.1 Å². The van der Waals surface area contributed by atoms with Crippen LogP contribution in [0.2, 0.25) is 0 Å². The smallest absolute Gasteiger partial charge is 0.326 e. The van der Waals surface area contributed by atoms with Crippen molar-refractivity contribution in [2.45, 2.75) is 45.2 Å². The molecule has 5 heteroatoms. The summed E-state index contributed by atoms with van der Waals surface area (Å²) >= 11 is 0. The van der Waals surface area contributed by atoms with Crippen LogP contribution in [0, 0.1) is 5.92 Å². The van der Waals surface area contributed by atoms with Gasteiger partial charge in [-0.3, -0.25) is 10.1 Å². The molecule has 106 valence electrons. The predicted octanol–water partition coefficient (Wildman–Crippen LogP) is 1.27. The summed E-state index contributed by atoms with van der Waals surface area (Å²) in [5.74, 6) is -0.376. The molecule has 0 radical (unpaired) electrons. The van der Waals surface area contributed by atoms with E-state index in [1.54, 1.807) is 6.92 Å². The van der Waals surface area contributed by atoms with E-state index in [1.165, 1.54) is 0 Å². The molecule has 1 saturated heterocycles. The highest BCUT2D eigenvalue weighted by molar-refractivity contribution is 5.78. The summed E-state index contributed by atoms with van der Waals surface area (Å²) < 4.78 is 10.9. The molecule has 1 aliphatic heterocycles. The van der Waals surface area contributed by atoms with E-state index in [2.05, 4.69) is 5.32 Å². The maximum absolute atomic E-state index is 11.3. The summed E-state index contributed by atoms with van der Waals surface area (Å²) in [6, 6.07) is 0.109. The molecule has 2 N–H and O–H groups in total. The Balaban J connectivity index is 2.35. The summed E-state index contributed by atoms with van der Waals surface area (Å²) in [7, 11) is 0. The van der Waals surface area contributed by atoms with Gasteiger partial charge in [-0.05, 0) is 39.5 Å². The van der Waals surface area contributed by atoms with Crippen LogP contribution in [-0.2, 0) is 14.3 Å². The molecule has 1 unspecified atom stereocenters. The molecule has 0 amide bonds. The van der Waals surface area contributed by atoms with Gasteiger partial charge >= 0.3 is 5.97 Å². The van der Waals surface area contributed by atoms with Crippen molar-refractivity contribution in [1.82, 2.24) is 5.32 Å². The minimum Gasteiger partial charge on any atom is -0.480 e. The lowest BCUT2D eigenvalue weighted by molar-refractivity contribution is -0.147. The third-order valence-electron chi connectivity index (χ3n) is 3.16. The van der Waals surface area contributed by atoms with Gasteiger partial charge in [0.15, 0.2) is 0 Å². The second-order valence-corrected chi connectivity index (χ2v) is 5.51. The SMILES string of the molecule is CC(C)NC(C)(COCC1CCOCC1)C(=O)O. The van der Waals surface area contributed by atoms with E-state index in [-0.39, 0.29) is 12.6 Å². The summed E-state index contributed by atoms with van der Waals surface area (Å²) in [6.07, 6.45) is 2.00. The molecular formula is C13H25NO4. The first-order valence-electron chi connectivity index (χ1n) is 6.60. The van der Waals surface area contributed by atoms with Crippen molar-refractivity contribution in [2.75, 3.05) is 26.4 Å². The van der Waals surface area contributed by atoms with E-state index in [0.29, 0.717) is 12.5 Å². The second-order valence-electron chi connectivity index (χ2n) is 5.51. The van der Waals surface area contributed by atoms with Crippen LogP contribution in [0.5, 0.6) is 0 Å². The van der Waals surface area contributed by atoms with Gasteiger partial charge in [0.2, 0.25) is 0 Å². The molecule has 0 aromatic carbocycles. The molecule has 1 aliphatic rings. The fourth-order valence-corrected chi connectivity index (χ4v) is 2.15. The highest BCUT2D eigenvalue weighted by Crippen LogP contribution is 2.16. The number of carboxylic acids is 1. The molecule has 0 aromatic heterocycles. The minimum absolute atomic E-state index is 0.109. The van der Waals surface area contributed by atoms with Gasteiger partial charge in [-0.2, -0.15) is 0 Å². The largest absolute Gasteiger partial charge is 0.480 e. The van der Waals surface area contributed by atoms with Crippen molar-refractivity contribution >= 4 is 5.97 Å². The Hall–Kier alpha value is -0.650. The van der Waals surface area contributed by atoms with Crippen LogP contribution in [0.4, 0.5) is 0 Å². The van der Waals surface area contributed by atoms with Gasteiger partial charge in [-0.1, -0.05) is 0 Å². The average Bonchev–Trinajstić information content (AvgIpc) is 2.29. The Morgan fingerprint density at radius 1 is 1.50 bits per heavy atom. The maximum atomic E-state index is 11.3. The summed E-state index contributed by atoms with van der Waals surface area (Å²) in [5.41, 5.74) is -1.01. The lowest BCUT2D eigenvalue weighted by Gasteiger charge is -2.29. The summed E-state index contributed by atoms with van der Waals surface area (Å²) in [5, 5.41) is 12.3. The van der Waals surface area contributed by atoms with Gasteiger partial charge in [0.05, 0.1) is 6.61 Å². The number of hydrogen-bond acceptors (Lipinski definition) is 4. The molecule has 1 fully saturated rings. The molecular weight excluding hydrogens is 234 g/mol. The van der Waals surface area contributed by atoms with Gasteiger partial charge in [-0.15, -0.1) is 0 Å². The Morgan fingerprint density at radius 2 is 2.11 bits per heavy atom. The van der Waals surface area contributed by atoms with Crippen molar-refractivity contribution in [3.8, 4) is 0 Å². The molecule has 0 aromatic rings. The van der Waals surface area contributed by atoms with Crippen molar-refractivity contribution in [3.63, 3.8) is 0 Å². The van der Waals surface area contributed by atoms with Crippen molar-refractivity contribution in [1.29, 1.82) is 0 Å². The first-order chi connectivity index (χ1) is 8.44. The Bertz CT molecular complexity index is 264. The van der Waals surface area contributed by atoms with E-state index >= 15 is 0 Å². The summed E-state index contributed by atoms with van der Waals surface area (Å²) in [6.45, 7) is 7.91. The monoisotopic (exact) mass is 259 g/mol. The standard InChI is InChI=1S/C13H25NO4/c1-10(2)14-13(3,12(15)16)9-18-8-11-4-6-17-7-5-11/h10-11,14H,4-9H2,1-3H3,(H,15,16). The van der Waals surface area contributed by atoms with Gasteiger partial charge in [0.1, 0.15) is 5.54 Å². The van der Waals surface area contributed by atoms with Crippen LogP contribution in [0.3, 0.4) is 0 Å². The van der Waals surface area contributed by atoms with E-state index in [9.17, 15) is 9.90 Å². The third-order valence-corrected chi connectivity index (χ3v) is 3.16. The lowest BCUT2D eigenvalue weighted by Crippen LogP contribution is -2.55. The van der Waals surface area contributed by atoms with Gasteiger partial charge in [-0.25, -0.2) is 0 Å². The molecule has 1 heterocycles. The maximum Gasteiger partial charge on any atom is 0.326 e. The third kappa shape index (κ3) is 4.92. The zero-order valence-electron chi connectivity index (χ0n) is 11.6. The zero-order chi connectivity index (χ0) is 13.6. The van der Waals surface area contributed by atoms with E-state index in [4.69, 9.17) is 9.47 Å². The van der Waals surface area contributed by atoms with E-state index < -0.39 is 11.5 Å². The highest BCUT2D eigenvalue weighted by atomic mass is 16.5. The number of aliphatic carboxylic acids is 1. The molecule has 1 rings (SSSR count). The van der Waals surface area contributed by atoms with Crippen LogP contribution in [0.15, 0.2) is 0 Å². The quantitative estimate of drug-likeness (QED) is 0.720. The summed E-state index contributed by atoms with van der Waals surface area (Å²) in [4.78, 5) is 11.3. The normalized spacial score (nSPS) is 20.9. The topological polar surface area (TPSA) is 67.8 Å². The fourth-order valence-electron chi connectivity index (χ4n) is 2.15. The Kier molecular flexibility index (Phi) is 6.05. The van der Waals surface area contributed by atoms with Crippen molar-refractivity contribution < 1.29 is 19.4 Å². The first kappa shape index (κ1) is 15.4. The molecule has 18 heavy (non-hydrogen) atoms. The molecule has 0 aliphatic carbocycles. The highest BCUT2D eigenvalue weighted by Gasteiger charge is 2.34. The van der Waals surface area contributed by atoms with Gasteiger partial charge in [0.25, 0.3) is 0 Å². The number of ether oxygens (including phenoxy) is 2. The fraction of sp³-hybridized carbons (Fsp3) is 0.923. The predicted molar refractivity (Wildman–Crippen MR) is 68.7 cm³/mol. The lowest BCUT2D eigenvalue weighted by atomic mass is 10.0. The van der Waals surface area contributed by atoms with Crippen LogP contribution in [0.25, 0.3) is 0 Å². The molecule has 0 spiro atoms. The second kappa shape index (κ2) is 7.07. The van der Waals surface area contributed by atoms with Gasteiger partial charge < -0.3 is 14.6 Å². The Labute approximate surface area is 109 Å². The number of hydrogen-bond donors (Lipinski definition) is 2. The van der Waals surface area contributed by atoms with Crippen LogP contribution in [0.1, 0.15) is 33.6 Å². The minimum atomic E-state index is -1.01. The van der Waals surface area contributed by atoms with Crippen LogP contribution >= 0.6 is 0 Å². The van der Waals surface area contributed by atoms with Crippen LogP contribution in [-0.4, -0.2) is 49.1 Å². The Morgan fingerprint density at radius 3 is 2.61 bits per heavy atom. The average molecular weight is 259 g/mol. The number of carboxylic acid groups (broad SMARTS) is 1. The molecule has 5 nitrogen and oxygen atoms in total. The van der Waals surface area contributed by atoms with Crippen molar-refractivity contribution in [2.24, 2.45) is 5.92 Å². The van der Waals surface area contributed by atoms with Gasteiger partial charge in [0, 0.05) is 25.9 Å². The molecule has 0 saturated carbocycles. The molecule has 0 bridgehead atoms.